The Morgan fingerprint density at radius 3 is 2.50 bits per heavy atom. The fraction of sp³-hybridized carbons (Fsp3) is 0.217. The molecule has 4 rings (SSSR count). The van der Waals surface area contributed by atoms with E-state index in [1.54, 1.807) is 18.2 Å². The van der Waals surface area contributed by atoms with E-state index >= 15 is 0 Å². The number of aryl methyl sites for hydroxylation is 3. The second-order valence-electron chi connectivity index (χ2n) is 7.68. The Labute approximate surface area is 183 Å². The van der Waals surface area contributed by atoms with Crippen LogP contribution in [0.3, 0.4) is 0 Å². The van der Waals surface area contributed by atoms with Crippen LogP contribution in [0.4, 0.5) is 16.0 Å². The van der Waals surface area contributed by atoms with Crippen molar-refractivity contribution in [1.82, 2.24) is 24.5 Å². The molecule has 2 aromatic heterocycles. The van der Waals surface area contributed by atoms with E-state index in [-0.39, 0.29) is 24.8 Å². The molecule has 0 saturated carbocycles. The van der Waals surface area contributed by atoms with Gasteiger partial charge in [-0.05, 0) is 61.7 Å². The second kappa shape index (κ2) is 8.62. The Morgan fingerprint density at radius 2 is 1.78 bits per heavy atom. The molecule has 0 bridgehead atoms. The van der Waals surface area contributed by atoms with Crippen molar-refractivity contribution in [2.24, 2.45) is 0 Å². The van der Waals surface area contributed by atoms with Crippen LogP contribution in [0.15, 0.2) is 53.3 Å². The summed E-state index contributed by atoms with van der Waals surface area (Å²) >= 11 is 0. The fourth-order valence-corrected chi connectivity index (χ4v) is 3.28. The normalized spacial score (nSPS) is 11.0. The molecule has 32 heavy (non-hydrogen) atoms. The molecule has 1 amide bonds. The Morgan fingerprint density at radius 1 is 1.03 bits per heavy atom. The van der Waals surface area contributed by atoms with Crippen LogP contribution >= 0.6 is 0 Å². The van der Waals surface area contributed by atoms with Gasteiger partial charge >= 0.3 is 5.69 Å². The van der Waals surface area contributed by atoms with Crippen LogP contribution < -0.4 is 16.3 Å². The van der Waals surface area contributed by atoms with Crippen molar-refractivity contribution >= 4 is 23.2 Å². The first-order chi connectivity index (χ1) is 15.3. The summed E-state index contributed by atoms with van der Waals surface area (Å²) in [5, 5.41) is 10.2. The molecule has 2 heterocycles. The van der Waals surface area contributed by atoms with Crippen LogP contribution in [0.1, 0.15) is 22.4 Å². The Balaban J connectivity index is 1.57. The minimum Gasteiger partial charge on any atom is -0.350 e. The summed E-state index contributed by atoms with van der Waals surface area (Å²) in [5.41, 5.74) is 4.41. The number of anilines is 2. The van der Waals surface area contributed by atoms with E-state index in [2.05, 4.69) is 20.7 Å². The summed E-state index contributed by atoms with van der Waals surface area (Å²) in [5.74, 6) is -0.398. The summed E-state index contributed by atoms with van der Waals surface area (Å²) in [7, 11) is 0. The molecule has 2 N–H and O–H groups in total. The number of nitrogens with zero attached hydrogens (tertiary/aromatic N) is 4. The lowest BCUT2D eigenvalue weighted by Crippen LogP contribution is -2.32. The molecular weight excluding hydrogens is 411 g/mol. The molecule has 2 aromatic carbocycles. The number of rotatable bonds is 6. The lowest BCUT2D eigenvalue weighted by Gasteiger charge is -2.09. The molecule has 8 nitrogen and oxygen atoms in total. The average molecular weight is 434 g/mol. The van der Waals surface area contributed by atoms with Crippen molar-refractivity contribution in [1.29, 1.82) is 0 Å². The largest absolute Gasteiger partial charge is 0.353 e. The standard InChI is InChI=1S/C23H23FN6O2/c1-14-4-9-19(10-15(14)2)27-22-26-16(3)11-20-28-29(23(32)30(20)22)13-21(31)25-12-17-5-7-18(24)8-6-17/h4-11H,12-13H2,1-3H3,(H,25,31)(H,26,27). The number of amides is 1. The van der Waals surface area contributed by atoms with Gasteiger partial charge in [0.25, 0.3) is 0 Å². The molecule has 0 aliphatic heterocycles. The van der Waals surface area contributed by atoms with Crippen molar-refractivity contribution in [2.75, 3.05) is 5.32 Å². The molecule has 0 spiro atoms. The van der Waals surface area contributed by atoms with E-state index in [0.717, 1.165) is 27.1 Å². The first-order valence-electron chi connectivity index (χ1n) is 10.1. The van der Waals surface area contributed by atoms with Crippen molar-refractivity contribution in [3.05, 3.63) is 87.2 Å². The highest BCUT2D eigenvalue weighted by atomic mass is 19.1. The first-order valence-corrected chi connectivity index (χ1v) is 10.1. The van der Waals surface area contributed by atoms with Gasteiger partial charge in [0.2, 0.25) is 11.9 Å². The quantitative estimate of drug-likeness (QED) is 0.487. The monoisotopic (exact) mass is 434 g/mol. The third-order valence-corrected chi connectivity index (χ3v) is 5.16. The maximum absolute atomic E-state index is 13.0. The number of fused-ring (bicyclic) bond motifs is 1. The predicted octanol–water partition coefficient (Wildman–Crippen LogP) is 3.02. The molecule has 4 aromatic rings. The number of halogens is 1. The zero-order chi connectivity index (χ0) is 22.8. The van der Waals surface area contributed by atoms with Gasteiger partial charge < -0.3 is 10.6 Å². The van der Waals surface area contributed by atoms with Crippen LogP contribution in [0.2, 0.25) is 0 Å². The minimum absolute atomic E-state index is 0.224. The minimum atomic E-state index is -0.476. The van der Waals surface area contributed by atoms with Crippen molar-refractivity contribution in [3.8, 4) is 0 Å². The van der Waals surface area contributed by atoms with Gasteiger partial charge in [-0.1, -0.05) is 18.2 Å². The lowest BCUT2D eigenvalue weighted by atomic mass is 10.1. The molecule has 0 fully saturated rings. The average Bonchev–Trinajstić information content (AvgIpc) is 3.05. The highest BCUT2D eigenvalue weighted by Gasteiger charge is 2.15. The van der Waals surface area contributed by atoms with Crippen LogP contribution in [0.5, 0.6) is 0 Å². The number of aromatic nitrogens is 4. The number of carbonyl (C=O) groups excluding carboxylic acids is 1. The molecule has 164 valence electrons. The van der Waals surface area contributed by atoms with E-state index in [0.29, 0.717) is 17.3 Å². The fourth-order valence-electron chi connectivity index (χ4n) is 3.28. The van der Waals surface area contributed by atoms with Gasteiger partial charge in [-0.15, -0.1) is 5.10 Å². The molecule has 0 saturated heterocycles. The zero-order valence-electron chi connectivity index (χ0n) is 18.0. The van der Waals surface area contributed by atoms with Gasteiger partial charge in [-0.25, -0.2) is 23.3 Å². The van der Waals surface area contributed by atoms with Gasteiger partial charge in [0.15, 0.2) is 5.65 Å². The third kappa shape index (κ3) is 4.51. The van der Waals surface area contributed by atoms with Crippen molar-refractivity contribution < 1.29 is 9.18 Å². The molecule has 0 aliphatic rings. The Bertz CT molecular complexity index is 1360. The Kier molecular flexibility index (Phi) is 5.72. The van der Waals surface area contributed by atoms with Crippen molar-refractivity contribution in [3.63, 3.8) is 0 Å². The van der Waals surface area contributed by atoms with Gasteiger partial charge in [-0.2, -0.15) is 0 Å². The molecular formula is C23H23FN6O2. The van der Waals surface area contributed by atoms with Gasteiger partial charge in [0, 0.05) is 24.0 Å². The summed E-state index contributed by atoms with van der Waals surface area (Å²) in [6.07, 6.45) is 0. The van der Waals surface area contributed by atoms with E-state index in [9.17, 15) is 14.0 Å². The smallest absolute Gasteiger partial charge is 0.350 e. The lowest BCUT2D eigenvalue weighted by molar-refractivity contribution is -0.122. The second-order valence-corrected chi connectivity index (χ2v) is 7.68. The topological polar surface area (TPSA) is 93.3 Å². The van der Waals surface area contributed by atoms with Gasteiger partial charge in [0.05, 0.1) is 0 Å². The van der Waals surface area contributed by atoms with E-state index < -0.39 is 5.69 Å². The molecule has 0 radical (unpaired) electrons. The van der Waals surface area contributed by atoms with Gasteiger partial charge in [0.1, 0.15) is 12.4 Å². The number of carbonyl (C=O) groups is 1. The predicted molar refractivity (Wildman–Crippen MR) is 119 cm³/mol. The van der Waals surface area contributed by atoms with E-state index in [4.69, 9.17) is 0 Å². The third-order valence-electron chi connectivity index (χ3n) is 5.16. The van der Waals surface area contributed by atoms with Crippen molar-refractivity contribution in [2.45, 2.75) is 33.9 Å². The molecule has 0 unspecified atom stereocenters. The van der Waals surface area contributed by atoms with Crippen LogP contribution in [0.25, 0.3) is 5.65 Å². The van der Waals surface area contributed by atoms with Crippen LogP contribution in [0, 0.1) is 26.6 Å². The molecule has 0 aliphatic carbocycles. The number of hydrogen-bond donors (Lipinski definition) is 2. The Hall–Kier alpha value is -4.01. The summed E-state index contributed by atoms with van der Waals surface area (Å²) in [6.45, 7) is 5.82. The molecule has 0 atom stereocenters. The van der Waals surface area contributed by atoms with Gasteiger partial charge in [-0.3, -0.25) is 4.79 Å². The maximum atomic E-state index is 13.0. The number of hydrogen-bond acceptors (Lipinski definition) is 5. The number of benzene rings is 2. The summed E-state index contributed by atoms with van der Waals surface area (Å²) in [4.78, 5) is 29.8. The number of nitrogens with one attached hydrogen (secondary N) is 2. The highest BCUT2D eigenvalue weighted by Crippen LogP contribution is 2.19. The molecule has 9 heteroatoms. The first kappa shape index (κ1) is 21.2. The highest BCUT2D eigenvalue weighted by molar-refractivity contribution is 5.75. The zero-order valence-corrected chi connectivity index (χ0v) is 18.0. The van der Waals surface area contributed by atoms with Crippen LogP contribution in [-0.2, 0) is 17.9 Å². The van der Waals surface area contributed by atoms with Crippen LogP contribution in [-0.4, -0.2) is 25.1 Å². The summed E-state index contributed by atoms with van der Waals surface area (Å²) < 4.78 is 15.5. The summed E-state index contributed by atoms with van der Waals surface area (Å²) in [6, 6.07) is 13.4. The maximum Gasteiger partial charge on any atom is 0.353 e. The SMILES string of the molecule is Cc1cc2nn(CC(=O)NCc3ccc(F)cc3)c(=O)n2c(Nc2ccc(C)c(C)c2)n1. The van der Waals surface area contributed by atoms with E-state index in [1.165, 1.54) is 16.5 Å². The van der Waals surface area contributed by atoms with E-state index in [1.807, 2.05) is 39.0 Å².